The summed E-state index contributed by atoms with van der Waals surface area (Å²) >= 11 is 0. The van der Waals surface area contributed by atoms with Crippen molar-refractivity contribution in [3.05, 3.63) is 29.8 Å². The third-order valence-corrected chi connectivity index (χ3v) is 5.82. The Balaban J connectivity index is 3.05. The number of benzene rings is 1. The summed E-state index contributed by atoms with van der Waals surface area (Å²) in [6.07, 6.45) is -0.297. The Bertz CT molecular complexity index is 1060. The molecule has 0 fully saturated rings. The van der Waals surface area contributed by atoms with Crippen molar-refractivity contribution in [1.82, 2.24) is 16.0 Å². The van der Waals surface area contributed by atoms with Gasteiger partial charge in [-0.05, 0) is 42.9 Å². The number of nitrogens with one attached hydrogen (secondary N) is 3. The number of amides is 3. The quantitative estimate of drug-likeness (QED) is 0.0587. The van der Waals surface area contributed by atoms with Crippen LogP contribution in [0.5, 0.6) is 5.75 Å². The second-order valence-corrected chi connectivity index (χ2v) is 9.55. The number of aliphatic carboxylic acids is 2. The van der Waals surface area contributed by atoms with Crippen LogP contribution in [0.1, 0.15) is 45.1 Å². The zero-order valence-electron chi connectivity index (χ0n) is 22.5. The van der Waals surface area contributed by atoms with Crippen LogP contribution in [0.3, 0.4) is 0 Å². The highest BCUT2D eigenvalue weighted by Gasteiger charge is 2.32. The molecular weight excluding hydrogens is 526 g/mol. The van der Waals surface area contributed by atoms with Crippen LogP contribution in [0, 0.1) is 5.92 Å². The third-order valence-electron chi connectivity index (χ3n) is 5.82. The fourth-order valence-corrected chi connectivity index (χ4v) is 3.58. The first kappa shape index (κ1) is 33.6. The molecule has 15 nitrogen and oxygen atoms in total. The van der Waals surface area contributed by atoms with Gasteiger partial charge in [-0.2, -0.15) is 0 Å². The predicted molar refractivity (Wildman–Crippen MR) is 145 cm³/mol. The lowest BCUT2D eigenvalue weighted by Gasteiger charge is -2.27. The van der Waals surface area contributed by atoms with Crippen molar-refractivity contribution in [2.24, 2.45) is 28.1 Å². The van der Waals surface area contributed by atoms with Crippen LogP contribution in [0.2, 0.25) is 0 Å². The van der Waals surface area contributed by atoms with Gasteiger partial charge in [0.05, 0.1) is 6.04 Å². The number of hydrogen-bond donors (Lipinski definition) is 9. The van der Waals surface area contributed by atoms with E-state index in [1.54, 1.807) is 13.8 Å². The normalized spacial score (nSPS) is 13.8. The molecule has 0 aliphatic carbocycles. The van der Waals surface area contributed by atoms with Gasteiger partial charge in [-0.3, -0.25) is 24.2 Å². The van der Waals surface area contributed by atoms with Crippen molar-refractivity contribution >= 4 is 35.6 Å². The number of rotatable bonds is 17. The summed E-state index contributed by atoms with van der Waals surface area (Å²) in [5.74, 6) is -5.39. The fraction of sp³-hybridized carbons (Fsp3) is 0.520. The molecule has 0 bridgehead atoms. The van der Waals surface area contributed by atoms with Crippen LogP contribution in [0.15, 0.2) is 29.3 Å². The summed E-state index contributed by atoms with van der Waals surface area (Å²) in [7, 11) is 0. The molecule has 15 heteroatoms. The van der Waals surface area contributed by atoms with Gasteiger partial charge in [-0.25, -0.2) is 4.79 Å². The summed E-state index contributed by atoms with van der Waals surface area (Å²) in [5.41, 5.74) is 17.0. The first-order valence-electron chi connectivity index (χ1n) is 12.7. The van der Waals surface area contributed by atoms with Crippen LogP contribution in [0.4, 0.5) is 0 Å². The van der Waals surface area contributed by atoms with Gasteiger partial charge in [-0.1, -0.05) is 26.0 Å². The van der Waals surface area contributed by atoms with Crippen LogP contribution in [-0.2, 0) is 30.4 Å². The van der Waals surface area contributed by atoms with Gasteiger partial charge in [0.2, 0.25) is 17.7 Å². The Labute approximate surface area is 231 Å². The molecule has 4 unspecified atom stereocenters. The van der Waals surface area contributed by atoms with E-state index in [1.807, 2.05) is 0 Å². The van der Waals surface area contributed by atoms with E-state index >= 15 is 0 Å². The zero-order valence-corrected chi connectivity index (χ0v) is 22.5. The van der Waals surface area contributed by atoms with Crippen molar-refractivity contribution < 1.29 is 39.3 Å². The van der Waals surface area contributed by atoms with Crippen molar-refractivity contribution in [1.29, 1.82) is 0 Å². The van der Waals surface area contributed by atoms with Crippen LogP contribution < -0.4 is 33.2 Å². The van der Waals surface area contributed by atoms with Gasteiger partial charge in [0, 0.05) is 19.4 Å². The minimum atomic E-state index is -1.51. The zero-order chi connectivity index (χ0) is 30.4. The van der Waals surface area contributed by atoms with Gasteiger partial charge in [0.1, 0.15) is 23.9 Å². The molecule has 222 valence electrons. The molecule has 0 saturated carbocycles. The highest BCUT2D eigenvalue weighted by molar-refractivity contribution is 5.94. The molecule has 0 spiro atoms. The number of carboxylic acid groups (broad SMARTS) is 2. The topological polar surface area (TPSA) is 273 Å². The summed E-state index contributed by atoms with van der Waals surface area (Å²) in [6, 6.07) is 0.942. The second kappa shape index (κ2) is 16.5. The molecular formula is C25H39N7O8. The maximum Gasteiger partial charge on any atom is 0.326 e. The Kier molecular flexibility index (Phi) is 13.9. The molecule has 3 amide bonds. The number of carbonyl (C=O) groups is 5. The standard InChI is InChI=1S/C25H39N7O8/c1-13(2)20(32-21(36)16(26)4-3-11-29-25(27)28)23(38)31-18(12-14-5-7-15(33)8-6-14)22(37)30-17(24(39)40)9-10-19(34)35/h5-8,13,16-18,20,33H,3-4,9-12,26H2,1-2H3,(H,30,37)(H,31,38)(H,32,36)(H,34,35)(H,39,40)(H4,27,28,29). The number of hydrogen-bond acceptors (Lipinski definition) is 8. The minimum absolute atomic E-state index is 0.0226. The average molecular weight is 566 g/mol. The van der Waals surface area contributed by atoms with Crippen molar-refractivity contribution in [2.75, 3.05) is 6.54 Å². The van der Waals surface area contributed by atoms with E-state index in [0.29, 0.717) is 12.0 Å². The van der Waals surface area contributed by atoms with E-state index in [-0.39, 0.29) is 37.5 Å². The van der Waals surface area contributed by atoms with Gasteiger partial charge in [-0.15, -0.1) is 0 Å². The minimum Gasteiger partial charge on any atom is -0.508 e. The molecule has 0 heterocycles. The maximum absolute atomic E-state index is 13.2. The van der Waals surface area contributed by atoms with E-state index in [1.165, 1.54) is 24.3 Å². The van der Waals surface area contributed by atoms with Crippen LogP contribution in [0.25, 0.3) is 0 Å². The predicted octanol–water partition coefficient (Wildman–Crippen LogP) is -1.62. The second-order valence-electron chi connectivity index (χ2n) is 9.55. The monoisotopic (exact) mass is 565 g/mol. The lowest BCUT2D eigenvalue weighted by atomic mass is 10.00. The molecule has 0 radical (unpaired) electrons. The summed E-state index contributed by atoms with van der Waals surface area (Å²) < 4.78 is 0. The number of aliphatic imine (C=N–C) groups is 1. The molecule has 12 N–H and O–H groups in total. The van der Waals surface area contributed by atoms with Gasteiger partial charge >= 0.3 is 11.9 Å². The van der Waals surface area contributed by atoms with Crippen molar-refractivity contribution in [3.8, 4) is 5.75 Å². The largest absolute Gasteiger partial charge is 0.508 e. The number of nitrogens with two attached hydrogens (primary N) is 3. The van der Waals surface area contributed by atoms with E-state index in [2.05, 4.69) is 20.9 Å². The lowest BCUT2D eigenvalue weighted by Crippen LogP contribution is -2.58. The first-order valence-corrected chi connectivity index (χ1v) is 12.7. The van der Waals surface area contributed by atoms with E-state index in [9.17, 15) is 34.2 Å². The number of carbonyl (C=O) groups excluding carboxylic acids is 3. The Morgan fingerprint density at radius 1 is 0.875 bits per heavy atom. The highest BCUT2D eigenvalue weighted by Crippen LogP contribution is 2.13. The van der Waals surface area contributed by atoms with Gasteiger partial charge in [0.15, 0.2) is 5.96 Å². The smallest absolute Gasteiger partial charge is 0.326 e. The highest BCUT2D eigenvalue weighted by atomic mass is 16.4. The molecule has 0 saturated heterocycles. The molecule has 0 aliphatic heterocycles. The maximum atomic E-state index is 13.2. The number of guanidine groups is 1. The molecule has 1 aromatic rings. The number of nitrogens with zero attached hydrogens (tertiary/aromatic N) is 1. The fourth-order valence-electron chi connectivity index (χ4n) is 3.58. The Hall–Kier alpha value is -4.40. The number of aromatic hydroxyl groups is 1. The summed E-state index contributed by atoms with van der Waals surface area (Å²) in [5, 5.41) is 35.3. The van der Waals surface area contributed by atoms with Gasteiger partial charge < -0.3 is 48.5 Å². The number of phenolic OH excluding ortho intramolecular Hbond substituents is 1. The van der Waals surface area contributed by atoms with E-state index in [4.69, 9.17) is 22.3 Å². The van der Waals surface area contributed by atoms with E-state index < -0.39 is 66.2 Å². The lowest BCUT2D eigenvalue weighted by molar-refractivity contribution is -0.143. The number of phenols is 1. The third kappa shape index (κ3) is 12.4. The van der Waals surface area contributed by atoms with Gasteiger partial charge in [0.25, 0.3) is 0 Å². The molecule has 0 aromatic heterocycles. The first-order chi connectivity index (χ1) is 18.7. The molecule has 4 atom stereocenters. The van der Waals surface area contributed by atoms with Crippen LogP contribution >= 0.6 is 0 Å². The molecule has 0 aliphatic rings. The molecule has 40 heavy (non-hydrogen) atoms. The molecule has 1 rings (SSSR count). The summed E-state index contributed by atoms with van der Waals surface area (Å²) in [4.78, 5) is 65.3. The Morgan fingerprint density at radius 3 is 2.00 bits per heavy atom. The van der Waals surface area contributed by atoms with Crippen LogP contribution in [-0.4, -0.2) is 81.7 Å². The average Bonchev–Trinajstić information content (AvgIpc) is 2.87. The SMILES string of the molecule is CC(C)C(NC(=O)C(N)CCCN=C(N)N)C(=O)NC(Cc1ccc(O)cc1)C(=O)NC(CCC(=O)O)C(=O)O. The van der Waals surface area contributed by atoms with Crippen molar-refractivity contribution in [2.45, 2.75) is 70.1 Å². The summed E-state index contributed by atoms with van der Waals surface area (Å²) in [6.45, 7) is 3.63. The molecule has 1 aromatic carbocycles. The number of carboxylic acids is 2. The Morgan fingerprint density at radius 2 is 1.48 bits per heavy atom. The van der Waals surface area contributed by atoms with Crippen molar-refractivity contribution in [3.63, 3.8) is 0 Å². The van der Waals surface area contributed by atoms with E-state index in [0.717, 1.165) is 0 Å².